The molecule has 2 heterocycles. The zero-order chi connectivity index (χ0) is 19.9. The number of hydrogen-bond acceptors (Lipinski definition) is 5. The van der Waals surface area contributed by atoms with Crippen LogP contribution in [-0.2, 0) is 9.59 Å². The predicted molar refractivity (Wildman–Crippen MR) is 109 cm³/mol. The van der Waals surface area contributed by atoms with Crippen LogP contribution in [0.5, 0.6) is 5.75 Å². The number of thiocarbonyl (C=S) groups is 1. The summed E-state index contributed by atoms with van der Waals surface area (Å²) in [6, 6.07) is 5.89. The Morgan fingerprint density at radius 1 is 1.07 bits per heavy atom. The summed E-state index contributed by atoms with van der Waals surface area (Å²) in [5.41, 5.74) is 2.87. The maximum Gasteiger partial charge on any atom is 0.269 e. The molecule has 0 bridgehead atoms. The third-order valence-electron chi connectivity index (χ3n) is 4.73. The normalized spacial score (nSPS) is 17.1. The van der Waals surface area contributed by atoms with Crippen molar-refractivity contribution in [3.05, 3.63) is 41.2 Å². The first-order valence-corrected chi connectivity index (χ1v) is 9.30. The summed E-state index contributed by atoms with van der Waals surface area (Å²) in [5, 5.41) is 0.242. The van der Waals surface area contributed by atoms with Crippen molar-refractivity contribution in [2.24, 2.45) is 0 Å². The number of likely N-dealkylation sites (N-methyl/N-ethyl adjacent to an activating group) is 2. The number of carbonyl (C=O) groups is 2. The fourth-order valence-corrected chi connectivity index (χ4v) is 3.62. The van der Waals surface area contributed by atoms with E-state index in [9.17, 15) is 9.59 Å². The van der Waals surface area contributed by atoms with Gasteiger partial charge >= 0.3 is 0 Å². The maximum atomic E-state index is 12.9. The van der Waals surface area contributed by atoms with Crippen molar-refractivity contribution >= 4 is 40.4 Å². The van der Waals surface area contributed by atoms with E-state index in [-0.39, 0.29) is 16.4 Å². The molecule has 1 aromatic rings. The number of amides is 2. The molecule has 0 atom stereocenters. The Morgan fingerprint density at radius 2 is 1.67 bits per heavy atom. The Morgan fingerprint density at radius 3 is 2.19 bits per heavy atom. The largest absolute Gasteiger partial charge is 0.456 e. The van der Waals surface area contributed by atoms with Crippen molar-refractivity contribution < 1.29 is 14.3 Å². The second kappa shape index (κ2) is 7.15. The van der Waals surface area contributed by atoms with E-state index < -0.39 is 11.8 Å². The molecular formula is C20H23N3O3S. The molecule has 2 aliphatic heterocycles. The van der Waals surface area contributed by atoms with Gasteiger partial charge in [0.25, 0.3) is 11.8 Å². The van der Waals surface area contributed by atoms with E-state index >= 15 is 0 Å². The molecule has 0 saturated carbocycles. The topological polar surface area (TPSA) is 53.1 Å². The standard InChI is InChI=1S/C20H23N3O3S/c1-6-22-18(24)17(19(25)23(7-2)20(22)27)16-10-12(3)14-9-8-13(21(4)5)11-15(14)26-16/h8-11H,6-7H2,1-5H3. The van der Waals surface area contributed by atoms with Gasteiger partial charge in [-0.15, -0.1) is 0 Å². The number of rotatable bonds is 3. The molecule has 3 rings (SSSR count). The molecule has 0 aliphatic carbocycles. The number of hydrogen-bond donors (Lipinski definition) is 0. The first-order valence-electron chi connectivity index (χ1n) is 8.90. The summed E-state index contributed by atoms with van der Waals surface area (Å²) < 4.78 is 6.03. The van der Waals surface area contributed by atoms with Gasteiger partial charge in [-0.3, -0.25) is 19.4 Å². The Bertz CT molecular complexity index is 874. The van der Waals surface area contributed by atoms with Gasteiger partial charge in [-0.2, -0.15) is 0 Å². The average Bonchev–Trinajstić information content (AvgIpc) is 2.62. The van der Waals surface area contributed by atoms with Gasteiger partial charge in [0.1, 0.15) is 17.1 Å². The fraction of sp³-hybridized carbons (Fsp3) is 0.350. The number of benzene rings is 1. The van der Waals surface area contributed by atoms with E-state index in [4.69, 9.17) is 17.0 Å². The smallest absolute Gasteiger partial charge is 0.269 e. The highest BCUT2D eigenvalue weighted by Crippen LogP contribution is 2.37. The first-order chi connectivity index (χ1) is 12.8. The lowest BCUT2D eigenvalue weighted by atomic mass is 9.99. The Labute approximate surface area is 164 Å². The van der Waals surface area contributed by atoms with Gasteiger partial charge < -0.3 is 9.64 Å². The van der Waals surface area contributed by atoms with Crippen LogP contribution in [0.4, 0.5) is 5.69 Å². The third-order valence-corrected chi connectivity index (χ3v) is 5.17. The van der Waals surface area contributed by atoms with Gasteiger partial charge in [-0.25, -0.2) is 0 Å². The van der Waals surface area contributed by atoms with Crippen LogP contribution in [0.2, 0.25) is 0 Å². The molecule has 27 heavy (non-hydrogen) atoms. The first kappa shape index (κ1) is 19.1. The molecular weight excluding hydrogens is 362 g/mol. The Balaban J connectivity index is 2.14. The third kappa shape index (κ3) is 3.12. The van der Waals surface area contributed by atoms with Crippen LogP contribution >= 0.6 is 12.2 Å². The summed E-state index contributed by atoms with van der Waals surface area (Å²) in [5.74, 6) is 0.0702. The molecule has 0 spiro atoms. The molecule has 6 nitrogen and oxygen atoms in total. The van der Waals surface area contributed by atoms with Crippen LogP contribution in [0.3, 0.4) is 0 Å². The highest BCUT2D eigenvalue weighted by molar-refractivity contribution is 7.80. The van der Waals surface area contributed by atoms with Crippen molar-refractivity contribution in [3.63, 3.8) is 0 Å². The van der Waals surface area contributed by atoms with Crippen molar-refractivity contribution in [1.29, 1.82) is 0 Å². The van der Waals surface area contributed by atoms with Crippen LogP contribution in [0.15, 0.2) is 35.6 Å². The summed E-state index contributed by atoms with van der Waals surface area (Å²) in [7, 11) is 3.89. The zero-order valence-electron chi connectivity index (χ0n) is 16.2. The van der Waals surface area contributed by atoms with Gasteiger partial charge in [0.05, 0.1) is 0 Å². The van der Waals surface area contributed by atoms with E-state index in [2.05, 4.69) is 0 Å². The van der Waals surface area contributed by atoms with E-state index in [1.807, 2.05) is 58.0 Å². The zero-order valence-corrected chi connectivity index (χ0v) is 17.0. The second-order valence-electron chi connectivity index (χ2n) is 6.62. The Hall–Kier alpha value is -2.67. The van der Waals surface area contributed by atoms with E-state index in [0.29, 0.717) is 18.8 Å². The molecule has 1 fully saturated rings. The maximum absolute atomic E-state index is 12.9. The lowest BCUT2D eigenvalue weighted by Gasteiger charge is -2.36. The second-order valence-corrected chi connectivity index (χ2v) is 6.99. The minimum atomic E-state index is -0.413. The molecule has 0 radical (unpaired) electrons. The van der Waals surface area contributed by atoms with Crippen LogP contribution in [0, 0.1) is 0 Å². The number of allylic oxidation sites excluding steroid dienone is 2. The van der Waals surface area contributed by atoms with Crippen LogP contribution in [0.25, 0.3) is 5.57 Å². The number of carbonyl (C=O) groups excluding carboxylic acids is 2. The van der Waals surface area contributed by atoms with Crippen molar-refractivity contribution in [3.8, 4) is 5.75 Å². The number of fused-ring (bicyclic) bond motifs is 1. The van der Waals surface area contributed by atoms with Gasteiger partial charge in [-0.1, -0.05) is 0 Å². The average molecular weight is 385 g/mol. The lowest BCUT2D eigenvalue weighted by Crippen LogP contribution is -2.56. The molecule has 142 valence electrons. The summed E-state index contributed by atoms with van der Waals surface area (Å²) in [4.78, 5) is 30.7. The van der Waals surface area contributed by atoms with E-state index in [1.54, 1.807) is 6.08 Å². The predicted octanol–water partition coefficient (Wildman–Crippen LogP) is 2.80. The van der Waals surface area contributed by atoms with Crippen molar-refractivity contribution in [2.45, 2.75) is 20.8 Å². The summed E-state index contributed by atoms with van der Waals surface area (Å²) in [6.45, 7) is 6.38. The molecule has 1 aromatic carbocycles. The van der Waals surface area contributed by atoms with Gasteiger partial charge in [-0.05, 0) is 56.8 Å². The molecule has 7 heteroatoms. The van der Waals surface area contributed by atoms with Crippen molar-refractivity contribution in [1.82, 2.24) is 9.80 Å². The van der Waals surface area contributed by atoms with Gasteiger partial charge in [0.15, 0.2) is 5.11 Å². The number of anilines is 1. The SMILES string of the molecule is CCN1C(=O)C(=C2C=C(C)c3ccc(N(C)C)cc3O2)C(=O)N(CC)C1=S. The van der Waals surface area contributed by atoms with Gasteiger partial charge in [0, 0.05) is 44.5 Å². The van der Waals surface area contributed by atoms with Gasteiger partial charge in [0.2, 0.25) is 0 Å². The summed E-state index contributed by atoms with van der Waals surface area (Å²) in [6.07, 6.45) is 1.75. The highest BCUT2D eigenvalue weighted by Gasteiger charge is 2.41. The van der Waals surface area contributed by atoms with Crippen molar-refractivity contribution in [2.75, 3.05) is 32.1 Å². The van der Waals surface area contributed by atoms with E-state index in [1.165, 1.54) is 9.80 Å². The molecule has 0 N–H and O–H groups in total. The minimum Gasteiger partial charge on any atom is -0.456 e. The quantitative estimate of drug-likeness (QED) is 0.455. The highest BCUT2D eigenvalue weighted by atomic mass is 32.1. The minimum absolute atomic E-state index is 0.0209. The molecule has 2 aliphatic rings. The number of nitrogens with zero attached hydrogens (tertiary/aromatic N) is 3. The molecule has 1 saturated heterocycles. The van der Waals surface area contributed by atoms with Crippen LogP contribution in [-0.4, -0.2) is 53.9 Å². The Kier molecular flexibility index (Phi) is 5.06. The molecule has 0 aromatic heterocycles. The molecule has 0 unspecified atom stereocenters. The van der Waals surface area contributed by atoms with E-state index in [0.717, 1.165) is 16.8 Å². The van der Waals surface area contributed by atoms with Crippen LogP contribution < -0.4 is 9.64 Å². The lowest BCUT2D eigenvalue weighted by molar-refractivity contribution is -0.133. The fourth-order valence-electron chi connectivity index (χ4n) is 3.19. The van der Waals surface area contributed by atoms with Crippen LogP contribution in [0.1, 0.15) is 26.3 Å². The summed E-state index contributed by atoms with van der Waals surface area (Å²) >= 11 is 5.31. The number of ether oxygens (including phenoxy) is 1. The molecule has 2 amide bonds. The monoisotopic (exact) mass is 385 g/mol.